The molecule has 1 aromatic carbocycles. The molecule has 1 aromatic rings. The summed E-state index contributed by atoms with van der Waals surface area (Å²) in [5, 5.41) is 0. The molecule has 0 radical (unpaired) electrons. The number of carbonyl (C=O) groups excluding carboxylic acids is 1. The Kier molecular flexibility index (Phi) is 2.44. The van der Waals surface area contributed by atoms with E-state index in [0.717, 1.165) is 5.56 Å². The molecule has 0 aromatic heterocycles. The lowest BCUT2D eigenvalue weighted by atomic mass is 10.1. The molecule has 0 fully saturated rings. The van der Waals surface area contributed by atoms with Crippen molar-refractivity contribution in [3.8, 4) is 11.5 Å². The highest BCUT2D eigenvalue weighted by Crippen LogP contribution is 2.33. The van der Waals surface area contributed by atoms with Gasteiger partial charge in [-0.15, -0.1) is 0 Å². The molecule has 0 bridgehead atoms. The first-order valence-electron chi connectivity index (χ1n) is 5.35. The first-order valence-corrected chi connectivity index (χ1v) is 5.35. The second-order valence-electron chi connectivity index (χ2n) is 3.76. The smallest absolute Gasteiger partial charge is 0.340 e. The molecule has 2 aliphatic heterocycles. The second kappa shape index (κ2) is 4.10. The molecular formula is C13H10O5. The van der Waals surface area contributed by atoms with E-state index < -0.39 is 5.97 Å². The van der Waals surface area contributed by atoms with Crippen LogP contribution in [0.3, 0.4) is 0 Å². The maximum Gasteiger partial charge on any atom is 0.340 e. The predicted octanol–water partition coefficient (Wildman–Crippen LogP) is 1.84. The summed E-state index contributed by atoms with van der Waals surface area (Å²) in [6.07, 6.45) is 3.01. The van der Waals surface area contributed by atoms with Gasteiger partial charge >= 0.3 is 5.97 Å². The number of hydrogen-bond acceptors (Lipinski definition) is 5. The molecule has 3 rings (SSSR count). The normalized spacial score (nSPS) is 18.8. The van der Waals surface area contributed by atoms with E-state index in [1.54, 1.807) is 6.08 Å². The molecule has 0 saturated heterocycles. The Morgan fingerprint density at radius 1 is 1.28 bits per heavy atom. The largest absolute Gasteiger partial charge is 0.493 e. The van der Waals surface area contributed by atoms with E-state index in [2.05, 4.69) is 0 Å². The lowest BCUT2D eigenvalue weighted by Gasteiger charge is -2.03. The van der Waals surface area contributed by atoms with Gasteiger partial charge in [0.2, 0.25) is 6.79 Å². The number of methoxy groups -OCH3 is 1. The van der Waals surface area contributed by atoms with Crippen LogP contribution in [0.25, 0.3) is 6.08 Å². The Labute approximate surface area is 103 Å². The maximum atomic E-state index is 11.1. The summed E-state index contributed by atoms with van der Waals surface area (Å²) < 4.78 is 20.6. The van der Waals surface area contributed by atoms with Crippen molar-refractivity contribution in [3.63, 3.8) is 0 Å². The zero-order chi connectivity index (χ0) is 12.5. The SMILES string of the molecule is COC1=CC(=O)O/C1=C\c1ccc2c(c1)OCO2. The van der Waals surface area contributed by atoms with Crippen molar-refractivity contribution in [2.45, 2.75) is 0 Å². The summed E-state index contributed by atoms with van der Waals surface area (Å²) in [7, 11) is 1.49. The van der Waals surface area contributed by atoms with E-state index in [1.165, 1.54) is 13.2 Å². The van der Waals surface area contributed by atoms with Gasteiger partial charge in [-0.1, -0.05) is 6.07 Å². The summed E-state index contributed by atoms with van der Waals surface area (Å²) in [5.41, 5.74) is 0.840. The van der Waals surface area contributed by atoms with E-state index in [0.29, 0.717) is 23.0 Å². The number of cyclic esters (lactones) is 1. The zero-order valence-corrected chi connectivity index (χ0v) is 9.64. The summed E-state index contributed by atoms with van der Waals surface area (Å²) in [4.78, 5) is 11.1. The number of rotatable bonds is 2. The average Bonchev–Trinajstić information content (AvgIpc) is 2.95. The van der Waals surface area contributed by atoms with Crippen molar-refractivity contribution in [1.29, 1.82) is 0 Å². The fraction of sp³-hybridized carbons (Fsp3) is 0.154. The molecule has 92 valence electrons. The molecule has 0 N–H and O–H groups in total. The minimum atomic E-state index is -0.432. The van der Waals surface area contributed by atoms with Crippen LogP contribution in [0, 0.1) is 0 Å². The van der Waals surface area contributed by atoms with Crippen LogP contribution in [0.15, 0.2) is 35.8 Å². The fourth-order valence-corrected chi connectivity index (χ4v) is 1.78. The molecule has 2 heterocycles. The van der Waals surface area contributed by atoms with Crippen LogP contribution in [-0.2, 0) is 14.3 Å². The zero-order valence-electron chi connectivity index (χ0n) is 9.64. The van der Waals surface area contributed by atoms with Crippen molar-refractivity contribution in [1.82, 2.24) is 0 Å². The molecular weight excluding hydrogens is 236 g/mol. The fourth-order valence-electron chi connectivity index (χ4n) is 1.78. The molecule has 0 aliphatic carbocycles. The van der Waals surface area contributed by atoms with Crippen molar-refractivity contribution < 1.29 is 23.7 Å². The Bertz CT molecular complexity index is 571. The molecule has 5 nitrogen and oxygen atoms in total. The monoisotopic (exact) mass is 246 g/mol. The summed E-state index contributed by atoms with van der Waals surface area (Å²) in [6.45, 7) is 0.230. The standard InChI is InChI=1S/C13H10O5/c1-15-10-6-13(14)18-12(10)5-8-2-3-9-11(4-8)17-7-16-9/h2-6H,7H2,1H3/b12-5-. The molecule has 0 saturated carbocycles. The third kappa shape index (κ3) is 1.79. The molecule has 0 atom stereocenters. The van der Waals surface area contributed by atoms with Gasteiger partial charge < -0.3 is 18.9 Å². The number of hydrogen-bond donors (Lipinski definition) is 0. The third-order valence-corrected chi connectivity index (χ3v) is 2.62. The number of carbonyl (C=O) groups is 1. The van der Waals surface area contributed by atoms with Crippen LogP contribution in [-0.4, -0.2) is 19.9 Å². The van der Waals surface area contributed by atoms with Crippen LogP contribution in [0.5, 0.6) is 11.5 Å². The van der Waals surface area contributed by atoms with Crippen molar-refractivity contribution in [3.05, 3.63) is 41.4 Å². The molecule has 0 amide bonds. The van der Waals surface area contributed by atoms with Crippen LogP contribution in [0.2, 0.25) is 0 Å². The quantitative estimate of drug-likeness (QED) is 0.745. The highest BCUT2D eigenvalue weighted by atomic mass is 16.7. The van der Waals surface area contributed by atoms with Gasteiger partial charge in [0.25, 0.3) is 0 Å². The Morgan fingerprint density at radius 2 is 2.11 bits per heavy atom. The molecule has 0 unspecified atom stereocenters. The number of fused-ring (bicyclic) bond motifs is 1. The van der Waals surface area contributed by atoms with Gasteiger partial charge in [0.05, 0.1) is 13.2 Å². The van der Waals surface area contributed by atoms with E-state index in [4.69, 9.17) is 18.9 Å². The highest BCUT2D eigenvalue weighted by Gasteiger charge is 2.21. The van der Waals surface area contributed by atoms with E-state index >= 15 is 0 Å². The Morgan fingerprint density at radius 3 is 2.94 bits per heavy atom. The van der Waals surface area contributed by atoms with Crippen molar-refractivity contribution in [2.24, 2.45) is 0 Å². The van der Waals surface area contributed by atoms with Gasteiger partial charge in [0, 0.05) is 0 Å². The topological polar surface area (TPSA) is 54.0 Å². The first kappa shape index (κ1) is 10.7. The maximum absolute atomic E-state index is 11.1. The van der Waals surface area contributed by atoms with Crippen molar-refractivity contribution in [2.75, 3.05) is 13.9 Å². The lowest BCUT2D eigenvalue weighted by molar-refractivity contribution is -0.132. The summed E-state index contributed by atoms with van der Waals surface area (Å²) >= 11 is 0. The minimum Gasteiger partial charge on any atom is -0.493 e. The summed E-state index contributed by atoms with van der Waals surface area (Å²) in [5.74, 6) is 1.76. The van der Waals surface area contributed by atoms with Gasteiger partial charge in [-0.25, -0.2) is 4.79 Å². The molecule has 2 aliphatic rings. The minimum absolute atomic E-state index is 0.230. The molecule has 5 heteroatoms. The molecule has 18 heavy (non-hydrogen) atoms. The van der Waals surface area contributed by atoms with Crippen LogP contribution < -0.4 is 9.47 Å². The van der Waals surface area contributed by atoms with Gasteiger partial charge in [0.15, 0.2) is 23.0 Å². The van der Waals surface area contributed by atoms with Gasteiger partial charge in [-0.3, -0.25) is 0 Å². The van der Waals surface area contributed by atoms with E-state index in [1.807, 2.05) is 18.2 Å². The van der Waals surface area contributed by atoms with Crippen LogP contribution >= 0.6 is 0 Å². The van der Waals surface area contributed by atoms with Gasteiger partial charge in [-0.2, -0.15) is 0 Å². The first-order chi connectivity index (χ1) is 8.76. The van der Waals surface area contributed by atoms with E-state index in [9.17, 15) is 4.79 Å². The Balaban J connectivity index is 1.92. The number of ether oxygens (including phenoxy) is 4. The average molecular weight is 246 g/mol. The Hall–Kier alpha value is -2.43. The van der Waals surface area contributed by atoms with Gasteiger partial charge in [0.1, 0.15) is 0 Å². The number of benzene rings is 1. The van der Waals surface area contributed by atoms with Crippen LogP contribution in [0.4, 0.5) is 0 Å². The second-order valence-corrected chi connectivity index (χ2v) is 3.76. The van der Waals surface area contributed by atoms with Gasteiger partial charge in [-0.05, 0) is 23.8 Å². The van der Waals surface area contributed by atoms with Crippen LogP contribution in [0.1, 0.15) is 5.56 Å². The van der Waals surface area contributed by atoms with Crippen molar-refractivity contribution >= 4 is 12.0 Å². The predicted molar refractivity (Wildman–Crippen MR) is 61.7 cm³/mol. The number of esters is 1. The highest BCUT2D eigenvalue weighted by molar-refractivity contribution is 5.89. The molecule has 0 spiro atoms. The van der Waals surface area contributed by atoms with E-state index in [-0.39, 0.29) is 6.79 Å². The summed E-state index contributed by atoms with van der Waals surface area (Å²) in [6, 6.07) is 5.47. The lowest BCUT2D eigenvalue weighted by Crippen LogP contribution is -1.93. The third-order valence-electron chi connectivity index (χ3n) is 2.62.